The molecule has 2 aromatic carbocycles. The zero-order valence-corrected chi connectivity index (χ0v) is 18.1. The number of nitrogens with zero attached hydrogens (tertiary/aromatic N) is 1. The molecule has 0 fully saturated rings. The van der Waals surface area contributed by atoms with Crippen LogP contribution in [-0.2, 0) is 4.79 Å². The van der Waals surface area contributed by atoms with Crippen LogP contribution in [0.15, 0.2) is 72.0 Å². The second-order valence-corrected chi connectivity index (χ2v) is 8.28. The summed E-state index contributed by atoms with van der Waals surface area (Å²) in [5.41, 5.74) is 1.63. The largest absolute Gasteiger partial charge is 0.512 e. The number of carbonyl (C=O) groups excluding carboxylic acids is 1. The first-order valence-electron chi connectivity index (χ1n) is 8.26. The Morgan fingerprint density at radius 3 is 1.64 bits per heavy atom. The van der Waals surface area contributed by atoms with Gasteiger partial charge in [-0.15, -0.1) is 0 Å². The Kier molecular flexibility index (Phi) is 9.60. The van der Waals surface area contributed by atoms with Crippen molar-refractivity contribution in [2.45, 2.75) is 10.7 Å². The molecule has 0 heterocycles. The van der Waals surface area contributed by atoms with Crippen molar-refractivity contribution in [3.05, 3.63) is 72.0 Å². The highest BCUT2D eigenvalue weighted by Crippen LogP contribution is 2.31. The predicted molar refractivity (Wildman–Crippen MR) is 120 cm³/mol. The van der Waals surface area contributed by atoms with Crippen LogP contribution in [0.4, 0.5) is 0 Å². The van der Waals surface area contributed by atoms with Gasteiger partial charge in [0, 0.05) is 14.1 Å². The Balaban J connectivity index is 0.000000281. The zero-order valence-electron chi connectivity index (χ0n) is 15.8. The van der Waals surface area contributed by atoms with E-state index in [-0.39, 0.29) is 11.3 Å². The first-order valence-corrected chi connectivity index (χ1v) is 9.40. The summed E-state index contributed by atoms with van der Waals surface area (Å²) in [6, 6.07) is 20.7. The van der Waals surface area contributed by atoms with Gasteiger partial charge in [-0.25, -0.2) is 0 Å². The number of rotatable bonds is 4. The number of aliphatic hydroxyl groups is 1. The van der Waals surface area contributed by atoms with Gasteiger partial charge in [0.1, 0.15) is 11.3 Å². The van der Waals surface area contributed by atoms with Gasteiger partial charge in [0.15, 0.2) is 7.28 Å². The summed E-state index contributed by atoms with van der Waals surface area (Å²) in [7, 11) is 5.11. The highest BCUT2D eigenvalue weighted by atomic mass is 35.6. The third-order valence-corrected chi connectivity index (χ3v) is 4.01. The Bertz CT molecular complexity index is 779. The van der Waals surface area contributed by atoms with E-state index >= 15 is 0 Å². The molecule has 4 nitrogen and oxygen atoms in total. The summed E-state index contributed by atoms with van der Waals surface area (Å²) < 4.78 is -2.04. The first-order chi connectivity index (χ1) is 13.0. The Labute approximate surface area is 181 Å². The number of aliphatic hydroxyl groups excluding tert-OH is 1. The molecule has 0 unspecified atom stereocenters. The molecule has 0 atom stereocenters. The van der Waals surface area contributed by atoms with Crippen molar-refractivity contribution in [2.24, 2.45) is 0 Å². The normalized spacial score (nSPS) is 11.5. The maximum atomic E-state index is 11.6. The average Bonchev–Trinajstić information content (AvgIpc) is 2.63. The van der Waals surface area contributed by atoms with Crippen LogP contribution in [-0.4, -0.2) is 46.8 Å². The standard InChI is InChI=1S/C12H10B.C8H11Cl3N2O2/c1-3-7-11(8-4-1)13-12-9-5-2-6-10-12;1-4(14)5(7(15)13(2)3)6(12)8(9,10)11/h1-10H;12,14H,1-3H3. The van der Waals surface area contributed by atoms with E-state index in [4.69, 9.17) is 40.2 Å². The van der Waals surface area contributed by atoms with Crippen molar-refractivity contribution < 1.29 is 9.90 Å². The minimum absolute atomic E-state index is 0.306. The highest BCUT2D eigenvalue weighted by Gasteiger charge is 2.34. The molecule has 28 heavy (non-hydrogen) atoms. The predicted octanol–water partition coefficient (Wildman–Crippen LogP) is 3.64. The molecular formula is C20H21BCl3N2O2. The first kappa shape index (κ1) is 24.1. The molecule has 1 amide bonds. The van der Waals surface area contributed by atoms with Crippen LogP contribution in [0.3, 0.4) is 0 Å². The summed E-state index contributed by atoms with van der Waals surface area (Å²) >= 11 is 16.4. The lowest BCUT2D eigenvalue weighted by Gasteiger charge is -2.19. The van der Waals surface area contributed by atoms with E-state index in [1.807, 2.05) is 12.1 Å². The molecule has 0 bridgehead atoms. The second-order valence-electron chi connectivity index (χ2n) is 6.00. The van der Waals surface area contributed by atoms with Gasteiger partial charge in [0.25, 0.3) is 5.91 Å². The van der Waals surface area contributed by atoms with E-state index < -0.39 is 15.4 Å². The van der Waals surface area contributed by atoms with Gasteiger partial charge < -0.3 is 10.0 Å². The van der Waals surface area contributed by atoms with Crippen LogP contribution in [0.1, 0.15) is 6.92 Å². The molecule has 0 aliphatic carbocycles. The molecule has 0 spiro atoms. The van der Waals surface area contributed by atoms with Gasteiger partial charge in [-0.3, -0.25) is 10.2 Å². The summed E-state index contributed by atoms with van der Waals surface area (Å²) in [5.74, 6) is -0.948. The fourth-order valence-electron chi connectivity index (χ4n) is 2.10. The van der Waals surface area contributed by atoms with E-state index in [1.165, 1.54) is 36.8 Å². The molecule has 8 heteroatoms. The quantitative estimate of drug-likeness (QED) is 0.252. The number of amides is 1. The monoisotopic (exact) mass is 437 g/mol. The molecule has 0 saturated heterocycles. The van der Waals surface area contributed by atoms with Gasteiger partial charge >= 0.3 is 0 Å². The fourth-order valence-corrected chi connectivity index (χ4v) is 2.38. The zero-order chi connectivity index (χ0) is 21.3. The number of likely N-dealkylation sites (N-methyl/N-ethyl adjacent to an activating group) is 1. The summed E-state index contributed by atoms with van der Waals surface area (Å²) in [4.78, 5) is 12.7. The molecule has 2 N–H and O–H groups in total. The molecule has 147 valence electrons. The van der Waals surface area contributed by atoms with Crippen molar-refractivity contribution in [2.75, 3.05) is 14.1 Å². The molecule has 0 saturated carbocycles. The van der Waals surface area contributed by atoms with Gasteiger partial charge in [-0.05, 0) is 6.92 Å². The lowest BCUT2D eigenvalue weighted by atomic mass is 9.64. The van der Waals surface area contributed by atoms with Crippen LogP contribution in [0.5, 0.6) is 0 Å². The highest BCUT2D eigenvalue weighted by molar-refractivity contribution is 6.78. The van der Waals surface area contributed by atoms with E-state index in [2.05, 4.69) is 55.8 Å². The molecule has 2 rings (SSSR count). The minimum Gasteiger partial charge on any atom is -0.512 e. The number of nitrogens with one attached hydrogen (secondary N) is 1. The molecule has 0 aliphatic heterocycles. The minimum atomic E-state index is -2.04. The lowest BCUT2D eigenvalue weighted by molar-refractivity contribution is -0.124. The van der Waals surface area contributed by atoms with E-state index in [0.29, 0.717) is 0 Å². The van der Waals surface area contributed by atoms with Gasteiger partial charge in [0.05, 0.1) is 5.71 Å². The van der Waals surface area contributed by atoms with Crippen molar-refractivity contribution in [3.8, 4) is 0 Å². The number of alkyl halides is 3. The summed E-state index contributed by atoms with van der Waals surface area (Å²) in [6.07, 6.45) is 0. The van der Waals surface area contributed by atoms with Crippen molar-refractivity contribution in [1.82, 2.24) is 4.90 Å². The Hall–Kier alpha value is -1.95. The number of hydrogen-bond acceptors (Lipinski definition) is 3. The number of halogens is 3. The van der Waals surface area contributed by atoms with Gasteiger partial charge in [-0.1, -0.05) is 106 Å². The van der Waals surface area contributed by atoms with Crippen LogP contribution in [0.2, 0.25) is 0 Å². The van der Waals surface area contributed by atoms with Crippen molar-refractivity contribution >= 4 is 64.6 Å². The second kappa shape index (κ2) is 11.2. The van der Waals surface area contributed by atoms with Crippen LogP contribution in [0, 0.1) is 5.41 Å². The number of benzene rings is 2. The SMILES string of the molecule is CC(O)=C(C(=N)C(Cl)(Cl)Cl)C(=O)N(C)C.[B](c1ccccc1)c1ccccc1. The number of hydrogen-bond donors (Lipinski definition) is 2. The maximum absolute atomic E-state index is 11.6. The van der Waals surface area contributed by atoms with E-state index in [9.17, 15) is 9.90 Å². The van der Waals surface area contributed by atoms with Crippen LogP contribution in [0.25, 0.3) is 0 Å². The Morgan fingerprint density at radius 2 is 1.36 bits per heavy atom. The third-order valence-electron chi connectivity index (χ3n) is 3.45. The molecule has 1 radical (unpaired) electrons. The fraction of sp³-hybridized carbons (Fsp3) is 0.200. The third kappa shape index (κ3) is 7.97. The molecule has 0 aromatic heterocycles. The number of carbonyl (C=O) groups is 1. The molecule has 2 aromatic rings. The summed E-state index contributed by atoms with van der Waals surface area (Å²) in [5, 5.41) is 16.8. The van der Waals surface area contributed by atoms with E-state index in [1.54, 1.807) is 0 Å². The van der Waals surface area contributed by atoms with Crippen LogP contribution >= 0.6 is 34.8 Å². The topological polar surface area (TPSA) is 64.4 Å². The van der Waals surface area contributed by atoms with Gasteiger partial charge in [0.2, 0.25) is 3.79 Å². The lowest BCUT2D eigenvalue weighted by Crippen LogP contribution is -2.33. The molecule has 0 aliphatic rings. The van der Waals surface area contributed by atoms with Crippen LogP contribution < -0.4 is 10.9 Å². The Morgan fingerprint density at radius 1 is 0.964 bits per heavy atom. The molecular weight excluding hydrogens is 417 g/mol. The van der Waals surface area contributed by atoms with Gasteiger partial charge in [-0.2, -0.15) is 0 Å². The number of allylic oxidation sites excluding steroid dienone is 1. The van der Waals surface area contributed by atoms with Crippen molar-refractivity contribution in [1.29, 1.82) is 5.41 Å². The average molecular weight is 439 g/mol. The smallest absolute Gasteiger partial charge is 0.258 e. The summed E-state index contributed by atoms with van der Waals surface area (Å²) in [6.45, 7) is 1.25. The maximum Gasteiger partial charge on any atom is 0.258 e. The van der Waals surface area contributed by atoms with E-state index in [0.717, 1.165) is 0 Å². The van der Waals surface area contributed by atoms with Crippen molar-refractivity contribution in [3.63, 3.8) is 0 Å².